The fourth-order valence-electron chi connectivity index (χ4n) is 6.85. The molecule has 0 aliphatic rings. The van der Waals surface area contributed by atoms with Gasteiger partial charge in [0.1, 0.15) is 6.61 Å². The van der Waals surface area contributed by atoms with Crippen molar-refractivity contribution in [1.29, 1.82) is 0 Å². The van der Waals surface area contributed by atoms with E-state index in [4.69, 9.17) is 23.0 Å². The van der Waals surface area contributed by atoms with E-state index in [1.807, 2.05) is 60.7 Å². The van der Waals surface area contributed by atoms with Crippen LogP contribution in [0.15, 0.2) is 60.7 Å². The standard InChI is InChI=1S/C49H81O7P/c1-3-5-7-9-11-13-15-17-19-21-23-25-33-39-48(50)52-43-47(56-49(51)40-34-26-24-22-20-18-16-14-12-10-8-6-4-2)44-55-57(53-41-45-35-29-27-30-36-45)54-42-46-37-31-28-32-38-46/h27-32,35-38,47H,3-26,33-34,39-44H2,1-2H3. The van der Waals surface area contributed by atoms with E-state index in [1.54, 1.807) is 0 Å². The third kappa shape index (κ3) is 31.3. The lowest BCUT2D eigenvalue weighted by Gasteiger charge is -2.22. The van der Waals surface area contributed by atoms with Crippen LogP contribution in [0.25, 0.3) is 0 Å². The van der Waals surface area contributed by atoms with Crippen LogP contribution in [0.2, 0.25) is 0 Å². The summed E-state index contributed by atoms with van der Waals surface area (Å²) < 4.78 is 29.8. The fourth-order valence-corrected chi connectivity index (χ4v) is 7.87. The number of carbonyl (C=O) groups excluding carboxylic acids is 2. The summed E-state index contributed by atoms with van der Waals surface area (Å²) in [5.74, 6) is -0.558. The molecule has 7 nitrogen and oxygen atoms in total. The Balaban J connectivity index is 1.76. The minimum Gasteiger partial charge on any atom is -0.462 e. The maximum atomic E-state index is 13.0. The van der Waals surface area contributed by atoms with Gasteiger partial charge in [-0.1, -0.05) is 229 Å². The molecule has 0 N–H and O–H groups in total. The van der Waals surface area contributed by atoms with Gasteiger partial charge in [-0.15, -0.1) is 0 Å². The molecule has 0 spiro atoms. The maximum absolute atomic E-state index is 13.0. The van der Waals surface area contributed by atoms with Crippen LogP contribution in [0.3, 0.4) is 0 Å². The highest BCUT2D eigenvalue weighted by Crippen LogP contribution is 2.42. The second kappa shape index (κ2) is 37.9. The molecule has 0 fully saturated rings. The molecule has 2 aromatic carbocycles. The SMILES string of the molecule is CCCCCCCCCCCCCCCC(=O)OCC(COP(OCc1ccccc1)OCc1ccccc1)OC(=O)CCCCCCCCCCCCCCC. The molecule has 57 heavy (non-hydrogen) atoms. The highest BCUT2D eigenvalue weighted by Gasteiger charge is 2.22. The molecule has 0 saturated heterocycles. The number of hydrogen-bond acceptors (Lipinski definition) is 7. The van der Waals surface area contributed by atoms with E-state index in [-0.39, 0.29) is 25.2 Å². The van der Waals surface area contributed by atoms with Crippen molar-refractivity contribution in [2.24, 2.45) is 0 Å². The average Bonchev–Trinajstić information content (AvgIpc) is 3.23. The molecule has 324 valence electrons. The Kier molecular flexibility index (Phi) is 33.8. The van der Waals surface area contributed by atoms with Crippen molar-refractivity contribution < 1.29 is 32.6 Å². The third-order valence-corrected chi connectivity index (χ3v) is 11.5. The first-order chi connectivity index (χ1) is 28.1. The minimum absolute atomic E-state index is 0.00560. The highest BCUT2D eigenvalue weighted by molar-refractivity contribution is 7.41. The van der Waals surface area contributed by atoms with E-state index in [0.29, 0.717) is 26.1 Å². The van der Waals surface area contributed by atoms with Gasteiger partial charge in [0, 0.05) is 12.8 Å². The Hall–Kier alpha value is -2.31. The molecule has 0 aromatic heterocycles. The Bertz CT molecular complexity index is 1140. The molecule has 2 aromatic rings. The van der Waals surface area contributed by atoms with Crippen LogP contribution in [0.4, 0.5) is 0 Å². The summed E-state index contributed by atoms with van der Waals surface area (Å²) in [7, 11) is -1.78. The largest absolute Gasteiger partial charge is 0.462 e. The molecule has 2 rings (SSSR count). The van der Waals surface area contributed by atoms with Gasteiger partial charge in [-0.3, -0.25) is 9.59 Å². The van der Waals surface area contributed by atoms with Gasteiger partial charge in [0.15, 0.2) is 6.10 Å². The van der Waals surface area contributed by atoms with Gasteiger partial charge in [0.25, 0.3) is 0 Å². The van der Waals surface area contributed by atoms with E-state index >= 15 is 0 Å². The predicted molar refractivity (Wildman–Crippen MR) is 237 cm³/mol. The fraction of sp³-hybridized carbons (Fsp3) is 0.714. The lowest BCUT2D eigenvalue weighted by Crippen LogP contribution is -2.29. The molecule has 0 bridgehead atoms. The monoisotopic (exact) mass is 813 g/mol. The smallest absolute Gasteiger partial charge is 0.333 e. The average molecular weight is 813 g/mol. The summed E-state index contributed by atoms with van der Waals surface area (Å²) in [6, 6.07) is 19.7. The number of ether oxygens (including phenoxy) is 2. The molecule has 0 heterocycles. The molecule has 1 unspecified atom stereocenters. The number of rotatable bonds is 40. The minimum atomic E-state index is -1.78. The number of carbonyl (C=O) groups is 2. The lowest BCUT2D eigenvalue weighted by atomic mass is 10.0. The van der Waals surface area contributed by atoms with Crippen LogP contribution >= 0.6 is 8.60 Å². The molecule has 1 atom stereocenters. The van der Waals surface area contributed by atoms with Gasteiger partial charge >= 0.3 is 20.5 Å². The zero-order valence-corrected chi connectivity index (χ0v) is 37.2. The number of hydrogen-bond donors (Lipinski definition) is 0. The van der Waals surface area contributed by atoms with Crippen molar-refractivity contribution in [2.45, 2.75) is 213 Å². The molecule has 0 radical (unpaired) electrons. The van der Waals surface area contributed by atoms with Crippen LogP contribution in [-0.2, 0) is 45.8 Å². The molecule has 0 saturated carbocycles. The predicted octanol–water partition coefficient (Wildman–Crippen LogP) is 15.1. The Morgan fingerprint density at radius 3 is 1.18 bits per heavy atom. The van der Waals surface area contributed by atoms with Crippen molar-refractivity contribution in [3.63, 3.8) is 0 Å². The first-order valence-electron chi connectivity index (χ1n) is 23.2. The molecular formula is C49H81O7P. The van der Waals surface area contributed by atoms with Gasteiger partial charge < -0.3 is 23.0 Å². The van der Waals surface area contributed by atoms with Crippen LogP contribution in [0, 0.1) is 0 Å². The molecule has 0 aliphatic carbocycles. The summed E-state index contributed by atoms with van der Waals surface area (Å²) >= 11 is 0. The third-order valence-electron chi connectivity index (χ3n) is 10.4. The van der Waals surface area contributed by atoms with E-state index in [9.17, 15) is 9.59 Å². The van der Waals surface area contributed by atoms with Crippen molar-refractivity contribution >= 4 is 20.5 Å². The Morgan fingerprint density at radius 2 is 0.789 bits per heavy atom. The van der Waals surface area contributed by atoms with E-state index in [0.717, 1.165) is 49.7 Å². The van der Waals surface area contributed by atoms with Crippen molar-refractivity contribution in [1.82, 2.24) is 0 Å². The summed E-state index contributed by atoms with van der Waals surface area (Å²) in [6.45, 7) is 5.12. The number of esters is 2. The van der Waals surface area contributed by atoms with Crippen molar-refractivity contribution in [2.75, 3.05) is 13.2 Å². The number of unbranched alkanes of at least 4 members (excludes halogenated alkanes) is 24. The van der Waals surface area contributed by atoms with Crippen LogP contribution in [0.1, 0.15) is 205 Å². The summed E-state index contributed by atoms with van der Waals surface area (Å²) in [5.41, 5.74) is 2.00. The first-order valence-corrected chi connectivity index (χ1v) is 24.3. The molecular weight excluding hydrogens is 732 g/mol. The molecule has 0 aliphatic heterocycles. The van der Waals surface area contributed by atoms with E-state index < -0.39 is 14.7 Å². The van der Waals surface area contributed by atoms with Gasteiger partial charge in [-0.05, 0) is 24.0 Å². The van der Waals surface area contributed by atoms with Gasteiger partial charge in [-0.2, -0.15) is 0 Å². The molecule has 0 amide bonds. The van der Waals surface area contributed by atoms with Gasteiger partial charge in [0.05, 0.1) is 19.8 Å². The molecule has 8 heteroatoms. The van der Waals surface area contributed by atoms with Gasteiger partial charge in [0.2, 0.25) is 0 Å². The topological polar surface area (TPSA) is 80.3 Å². The number of benzene rings is 2. The summed E-state index contributed by atoms with van der Waals surface area (Å²) in [4.78, 5) is 25.8. The quantitative estimate of drug-likeness (QED) is 0.0377. The zero-order chi connectivity index (χ0) is 40.7. The van der Waals surface area contributed by atoms with Crippen LogP contribution < -0.4 is 0 Å². The Labute approximate surface area is 350 Å². The lowest BCUT2D eigenvalue weighted by molar-refractivity contribution is -0.161. The van der Waals surface area contributed by atoms with Crippen LogP contribution in [0.5, 0.6) is 0 Å². The van der Waals surface area contributed by atoms with Crippen molar-refractivity contribution in [3.8, 4) is 0 Å². The van der Waals surface area contributed by atoms with Crippen LogP contribution in [-0.4, -0.2) is 31.3 Å². The van der Waals surface area contributed by atoms with Gasteiger partial charge in [-0.25, -0.2) is 0 Å². The highest BCUT2D eigenvalue weighted by atomic mass is 31.2. The van der Waals surface area contributed by atoms with E-state index in [1.165, 1.54) is 128 Å². The normalized spacial score (nSPS) is 11.9. The van der Waals surface area contributed by atoms with E-state index in [2.05, 4.69) is 13.8 Å². The second-order valence-electron chi connectivity index (χ2n) is 15.8. The Morgan fingerprint density at radius 1 is 0.439 bits per heavy atom. The second-order valence-corrected chi connectivity index (χ2v) is 17.0. The van der Waals surface area contributed by atoms with Crippen molar-refractivity contribution in [3.05, 3.63) is 71.8 Å². The first kappa shape index (κ1) is 50.8. The maximum Gasteiger partial charge on any atom is 0.333 e. The summed E-state index contributed by atoms with van der Waals surface area (Å²) in [6.07, 6.45) is 32.5. The summed E-state index contributed by atoms with van der Waals surface area (Å²) in [5, 5.41) is 0. The zero-order valence-electron chi connectivity index (χ0n) is 36.3.